The Labute approximate surface area is 134 Å². The van der Waals surface area contributed by atoms with E-state index in [0.29, 0.717) is 13.0 Å². The first kappa shape index (κ1) is 20.5. The third kappa shape index (κ3) is 16.6. The van der Waals surface area contributed by atoms with Crippen LogP contribution in [0.1, 0.15) is 77.0 Å². The van der Waals surface area contributed by atoms with Crippen LogP contribution in [0.3, 0.4) is 0 Å². The molecule has 0 aromatic heterocycles. The van der Waals surface area contributed by atoms with E-state index in [1.54, 1.807) is 0 Å². The maximum Gasteiger partial charge on any atom is 0.305 e. The highest BCUT2D eigenvalue weighted by Crippen LogP contribution is 2.10. The summed E-state index contributed by atoms with van der Waals surface area (Å²) in [6, 6.07) is 0. The summed E-state index contributed by atoms with van der Waals surface area (Å²) in [7, 11) is 1.44. The number of rotatable bonds is 15. The van der Waals surface area contributed by atoms with Crippen LogP contribution in [-0.2, 0) is 9.53 Å². The number of unbranched alkanes of at least 4 members (excludes halogenated alkanes) is 9. The monoisotopic (exact) mass is 309 g/mol. The molecule has 0 radical (unpaired) electrons. The minimum atomic E-state index is -0.0930. The molecule has 0 saturated heterocycles. The topological polar surface area (TPSA) is 75.1 Å². The van der Waals surface area contributed by atoms with E-state index in [1.807, 2.05) is 0 Å². The molecule has 5 nitrogen and oxygen atoms in total. The summed E-state index contributed by atoms with van der Waals surface area (Å²) in [5.74, 6) is -0.0930. The van der Waals surface area contributed by atoms with Gasteiger partial charge in [-0.05, 0) is 44.1 Å². The van der Waals surface area contributed by atoms with Gasteiger partial charge in [0.25, 0.3) is 0 Å². The molecule has 126 valence electrons. The van der Waals surface area contributed by atoms with E-state index in [-0.39, 0.29) is 5.97 Å². The molecule has 0 amide bonds. The summed E-state index contributed by atoms with van der Waals surface area (Å²) in [6.07, 6.45) is 17.8. The van der Waals surface area contributed by atoms with Crippen molar-refractivity contribution in [3.05, 3.63) is 22.6 Å². The molecule has 0 atom stereocenters. The number of carbonyl (C=O) groups excluding carboxylic acids is 1. The highest BCUT2D eigenvalue weighted by atomic mass is 16.5. The fourth-order valence-electron chi connectivity index (χ4n) is 2.24. The fraction of sp³-hybridized carbons (Fsp3) is 0.824. The molecule has 0 fully saturated rings. The van der Waals surface area contributed by atoms with Crippen molar-refractivity contribution >= 4 is 5.97 Å². The van der Waals surface area contributed by atoms with Gasteiger partial charge in [-0.3, -0.25) is 4.79 Å². The Morgan fingerprint density at radius 3 is 2.09 bits per heavy atom. The van der Waals surface area contributed by atoms with Crippen LogP contribution in [0.5, 0.6) is 0 Å². The lowest BCUT2D eigenvalue weighted by Crippen LogP contribution is -1.99. The minimum Gasteiger partial charge on any atom is -0.469 e. The number of carbonyl (C=O) groups is 1. The van der Waals surface area contributed by atoms with Crippen LogP contribution in [0.4, 0.5) is 0 Å². The van der Waals surface area contributed by atoms with Gasteiger partial charge in [0.2, 0.25) is 0 Å². The van der Waals surface area contributed by atoms with Crippen molar-refractivity contribution in [2.24, 2.45) is 5.11 Å². The lowest BCUT2D eigenvalue weighted by Gasteiger charge is -2.01. The van der Waals surface area contributed by atoms with E-state index in [0.717, 1.165) is 32.1 Å². The number of esters is 1. The van der Waals surface area contributed by atoms with E-state index < -0.39 is 0 Å². The molecule has 0 bridgehead atoms. The summed E-state index contributed by atoms with van der Waals surface area (Å²) in [5.41, 5.74) is 8.13. The average Bonchev–Trinajstić information content (AvgIpc) is 2.54. The van der Waals surface area contributed by atoms with Gasteiger partial charge < -0.3 is 4.74 Å². The van der Waals surface area contributed by atoms with E-state index in [2.05, 4.69) is 26.9 Å². The molecule has 0 aliphatic carbocycles. The van der Waals surface area contributed by atoms with Gasteiger partial charge in [-0.1, -0.05) is 49.4 Å². The van der Waals surface area contributed by atoms with Gasteiger partial charge in [0, 0.05) is 17.9 Å². The molecular formula is C17H31N3O2. The first-order valence-electron chi connectivity index (χ1n) is 8.54. The van der Waals surface area contributed by atoms with Gasteiger partial charge >= 0.3 is 5.97 Å². The van der Waals surface area contributed by atoms with Crippen molar-refractivity contribution in [3.8, 4) is 0 Å². The van der Waals surface area contributed by atoms with Crippen LogP contribution in [0.15, 0.2) is 17.3 Å². The van der Waals surface area contributed by atoms with Crippen LogP contribution >= 0.6 is 0 Å². The smallest absolute Gasteiger partial charge is 0.305 e. The van der Waals surface area contributed by atoms with Gasteiger partial charge in [-0.25, -0.2) is 0 Å². The fourth-order valence-corrected chi connectivity index (χ4v) is 2.24. The number of azide groups is 1. The zero-order chi connectivity index (χ0) is 16.3. The SMILES string of the molecule is COC(=O)CCCCCCCCCC=CCCCCN=[N+]=[N-]. The molecule has 0 saturated carbocycles. The highest BCUT2D eigenvalue weighted by molar-refractivity contribution is 5.68. The average molecular weight is 309 g/mol. The lowest BCUT2D eigenvalue weighted by molar-refractivity contribution is -0.140. The van der Waals surface area contributed by atoms with Crippen LogP contribution in [0.2, 0.25) is 0 Å². The van der Waals surface area contributed by atoms with Crippen molar-refractivity contribution in [1.82, 2.24) is 0 Å². The predicted molar refractivity (Wildman–Crippen MR) is 90.6 cm³/mol. The van der Waals surface area contributed by atoms with Crippen LogP contribution in [-0.4, -0.2) is 19.6 Å². The van der Waals surface area contributed by atoms with E-state index in [4.69, 9.17) is 5.53 Å². The van der Waals surface area contributed by atoms with Crippen LogP contribution in [0, 0.1) is 0 Å². The number of allylic oxidation sites excluding steroid dienone is 2. The van der Waals surface area contributed by atoms with Gasteiger partial charge in [-0.15, -0.1) is 0 Å². The molecule has 0 spiro atoms. The second-order valence-electron chi connectivity index (χ2n) is 5.51. The molecule has 0 N–H and O–H groups in total. The molecule has 0 unspecified atom stereocenters. The van der Waals surface area contributed by atoms with Crippen molar-refractivity contribution in [2.75, 3.05) is 13.7 Å². The summed E-state index contributed by atoms with van der Waals surface area (Å²) >= 11 is 0. The number of hydrogen-bond donors (Lipinski definition) is 0. The number of hydrogen-bond acceptors (Lipinski definition) is 3. The van der Waals surface area contributed by atoms with Crippen molar-refractivity contribution in [2.45, 2.75) is 77.0 Å². The zero-order valence-electron chi connectivity index (χ0n) is 14.0. The molecule has 0 rings (SSSR count). The highest BCUT2D eigenvalue weighted by Gasteiger charge is 1.98. The quantitative estimate of drug-likeness (QED) is 0.0970. The van der Waals surface area contributed by atoms with Crippen LogP contribution < -0.4 is 0 Å². The van der Waals surface area contributed by atoms with Crippen molar-refractivity contribution in [3.63, 3.8) is 0 Å². The predicted octanol–water partition coefficient (Wildman–Crippen LogP) is 5.71. The number of nitrogens with zero attached hydrogens (tertiary/aromatic N) is 3. The van der Waals surface area contributed by atoms with E-state index in [9.17, 15) is 4.79 Å². The van der Waals surface area contributed by atoms with Gasteiger partial charge in [-0.2, -0.15) is 0 Å². The van der Waals surface area contributed by atoms with Gasteiger partial charge in [0.15, 0.2) is 0 Å². The molecule has 0 aromatic carbocycles. The Kier molecular flexibility index (Phi) is 16.4. The molecule has 5 heteroatoms. The van der Waals surface area contributed by atoms with E-state index >= 15 is 0 Å². The molecule has 22 heavy (non-hydrogen) atoms. The van der Waals surface area contributed by atoms with Crippen LogP contribution in [0.25, 0.3) is 10.4 Å². The van der Waals surface area contributed by atoms with Gasteiger partial charge in [0.05, 0.1) is 7.11 Å². The minimum absolute atomic E-state index is 0.0930. The Morgan fingerprint density at radius 2 is 1.50 bits per heavy atom. The maximum absolute atomic E-state index is 10.9. The largest absolute Gasteiger partial charge is 0.469 e. The summed E-state index contributed by atoms with van der Waals surface area (Å²) in [6.45, 7) is 0.615. The third-order valence-electron chi connectivity index (χ3n) is 3.59. The van der Waals surface area contributed by atoms with Crippen molar-refractivity contribution < 1.29 is 9.53 Å². The normalized spacial score (nSPS) is 10.6. The first-order valence-corrected chi connectivity index (χ1v) is 8.54. The van der Waals surface area contributed by atoms with E-state index in [1.165, 1.54) is 45.6 Å². The molecular weight excluding hydrogens is 278 g/mol. The summed E-state index contributed by atoms with van der Waals surface area (Å²) in [4.78, 5) is 13.6. The van der Waals surface area contributed by atoms with Crippen molar-refractivity contribution in [1.29, 1.82) is 0 Å². The Morgan fingerprint density at radius 1 is 0.955 bits per heavy atom. The first-order chi connectivity index (χ1) is 10.8. The third-order valence-corrected chi connectivity index (χ3v) is 3.59. The zero-order valence-corrected chi connectivity index (χ0v) is 14.0. The number of methoxy groups -OCH3 is 1. The summed E-state index contributed by atoms with van der Waals surface area (Å²) < 4.78 is 4.61. The standard InChI is InChI=1S/C17H31N3O2/c1-22-17(21)15-13-11-9-7-5-3-2-4-6-8-10-12-14-16-19-20-18/h6,8H,2-5,7,9-16H2,1H3. The molecule has 0 heterocycles. The second kappa shape index (κ2) is 17.6. The molecule has 0 aliphatic rings. The Hall–Kier alpha value is -1.48. The lowest BCUT2D eigenvalue weighted by atomic mass is 10.1. The molecule has 0 aliphatic heterocycles. The maximum atomic E-state index is 10.9. The summed E-state index contributed by atoms with van der Waals surface area (Å²) in [5, 5.41) is 3.51. The van der Waals surface area contributed by atoms with Gasteiger partial charge in [0.1, 0.15) is 0 Å². The number of ether oxygens (including phenoxy) is 1. The molecule has 0 aromatic rings. The Bertz CT molecular complexity index is 337. The second-order valence-corrected chi connectivity index (χ2v) is 5.51. The Balaban J connectivity index is 3.13.